The van der Waals surface area contributed by atoms with Crippen molar-refractivity contribution >= 4 is 29.0 Å². The third-order valence-corrected chi connectivity index (χ3v) is 5.43. The standard InChI is InChI=1S/C17H20Cl2N4O2/c1-17(20)5-7-23(8-6-17)15-12(9-24)21-14(16(25)22-15)10-3-2-4-11(18)13(10)19/h2-4,24H,5-9,20H2,1H3,(H,22,25)/p+1. The largest absolute Gasteiger partial charge is 0.390 e. The SMILES string of the molecule is CC1([NH3+])CCN(c2[nH]c(=O)c(-c3cccc(Cl)c3Cl)nc2CO)CC1. The number of aliphatic hydroxyl groups is 1. The number of aromatic nitrogens is 2. The number of hydrogen-bond acceptors (Lipinski definition) is 4. The molecular formula is C17H21Cl2N4O2+. The summed E-state index contributed by atoms with van der Waals surface area (Å²) < 4.78 is 0. The molecule has 0 spiro atoms. The molecule has 1 aliphatic rings. The molecule has 6 nitrogen and oxygen atoms in total. The average Bonchev–Trinajstić information content (AvgIpc) is 2.57. The summed E-state index contributed by atoms with van der Waals surface area (Å²) in [6.07, 6.45) is 1.81. The number of nitrogens with one attached hydrogen (secondary N) is 1. The van der Waals surface area contributed by atoms with E-state index in [2.05, 4.69) is 22.6 Å². The summed E-state index contributed by atoms with van der Waals surface area (Å²) in [4.78, 5) is 21.9. The highest BCUT2D eigenvalue weighted by atomic mass is 35.5. The van der Waals surface area contributed by atoms with Crippen molar-refractivity contribution in [1.29, 1.82) is 0 Å². The third kappa shape index (κ3) is 3.67. The summed E-state index contributed by atoms with van der Waals surface area (Å²) in [7, 11) is 0. The number of rotatable bonds is 3. The molecule has 134 valence electrons. The van der Waals surface area contributed by atoms with Crippen molar-refractivity contribution in [3.63, 3.8) is 0 Å². The first-order chi connectivity index (χ1) is 11.8. The van der Waals surface area contributed by atoms with Crippen LogP contribution in [0.2, 0.25) is 10.0 Å². The zero-order valence-electron chi connectivity index (χ0n) is 14.0. The number of aliphatic hydroxyl groups excluding tert-OH is 1. The van der Waals surface area contributed by atoms with Crippen LogP contribution in [0.1, 0.15) is 25.5 Å². The first-order valence-electron chi connectivity index (χ1n) is 8.11. The van der Waals surface area contributed by atoms with Gasteiger partial charge in [0, 0.05) is 31.5 Å². The highest BCUT2D eigenvalue weighted by molar-refractivity contribution is 6.43. The lowest BCUT2D eigenvalue weighted by molar-refractivity contribution is -0.475. The number of H-pyrrole nitrogens is 1. The quantitative estimate of drug-likeness (QED) is 0.752. The van der Waals surface area contributed by atoms with Crippen LogP contribution in [0.25, 0.3) is 11.3 Å². The van der Waals surface area contributed by atoms with Gasteiger partial charge < -0.3 is 20.7 Å². The van der Waals surface area contributed by atoms with Gasteiger partial charge in [-0.15, -0.1) is 0 Å². The molecule has 0 unspecified atom stereocenters. The van der Waals surface area contributed by atoms with E-state index in [0.717, 1.165) is 25.9 Å². The molecule has 3 rings (SSSR count). The molecule has 0 bridgehead atoms. The lowest BCUT2D eigenvalue weighted by atomic mass is 9.91. The molecule has 1 aromatic heterocycles. The van der Waals surface area contributed by atoms with Crippen LogP contribution in [0.4, 0.5) is 5.82 Å². The minimum Gasteiger partial charge on any atom is -0.390 e. The molecular weight excluding hydrogens is 363 g/mol. The summed E-state index contributed by atoms with van der Waals surface area (Å²) in [6.45, 7) is 3.35. The van der Waals surface area contributed by atoms with Crippen LogP contribution in [-0.2, 0) is 6.61 Å². The van der Waals surface area contributed by atoms with E-state index in [1.54, 1.807) is 18.2 Å². The van der Waals surface area contributed by atoms with Gasteiger partial charge in [0.05, 0.1) is 22.2 Å². The predicted octanol–water partition coefficient (Wildman–Crippen LogP) is 1.84. The Morgan fingerprint density at radius 1 is 1.36 bits per heavy atom. The summed E-state index contributed by atoms with van der Waals surface area (Å²) in [5.41, 5.74) is 4.89. The number of benzene rings is 1. The summed E-state index contributed by atoms with van der Waals surface area (Å²) in [5, 5.41) is 10.4. The number of aromatic amines is 1. The van der Waals surface area contributed by atoms with Gasteiger partial charge in [-0.1, -0.05) is 35.3 Å². The maximum absolute atomic E-state index is 12.6. The number of anilines is 1. The number of nitrogens with zero attached hydrogens (tertiary/aromatic N) is 2. The van der Waals surface area contributed by atoms with Gasteiger partial charge in [0.15, 0.2) is 0 Å². The van der Waals surface area contributed by atoms with Gasteiger partial charge in [0.1, 0.15) is 17.2 Å². The molecule has 2 heterocycles. The molecule has 2 aromatic rings. The Bertz CT molecular complexity index is 841. The Kier molecular flexibility index (Phi) is 5.06. The first-order valence-corrected chi connectivity index (χ1v) is 8.87. The molecule has 0 atom stereocenters. The lowest BCUT2D eigenvalue weighted by Crippen LogP contribution is -2.73. The Morgan fingerprint density at radius 3 is 2.68 bits per heavy atom. The normalized spacial score (nSPS) is 16.9. The van der Waals surface area contributed by atoms with Crippen LogP contribution in [0.3, 0.4) is 0 Å². The topological polar surface area (TPSA) is 96.9 Å². The molecule has 0 saturated carbocycles. The van der Waals surface area contributed by atoms with E-state index in [4.69, 9.17) is 23.2 Å². The van der Waals surface area contributed by atoms with Crippen LogP contribution in [0.15, 0.2) is 23.0 Å². The minimum atomic E-state index is -0.362. The zero-order valence-corrected chi connectivity index (χ0v) is 15.5. The van der Waals surface area contributed by atoms with E-state index in [1.807, 2.05) is 4.90 Å². The van der Waals surface area contributed by atoms with E-state index >= 15 is 0 Å². The summed E-state index contributed by atoms with van der Waals surface area (Å²) in [6, 6.07) is 5.03. The van der Waals surface area contributed by atoms with Crippen LogP contribution < -0.4 is 16.2 Å². The maximum Gasteiger partial charge on any atom is 0.276 e. The van der Waals surface area contributed by atoms with Gasteiger partial charge in [0.25, 0.3) is 5.56 Å². The van der Waals surface area contributed by atoms with Gasteiger partial charge in [-0.2, -0.15) is 0 Å². The number of quaternary nitrogens is 1. The molecule has 0 radical (unpaired) electrons. The van der Waals surface area contributed by atoms with Crippen molar-refractivity contribution in [3.8, 4) is 11.3 Å². The molecule has 5 N–H and O–H groups in total. The van der Waals surface area contributed by atoms with E-state index in [1.165, 1.54) is 0 Å². The first kappa shape index (κ1) is 18.2. The highest BCUT2D eigenvalue weighted by Crippen LogP contribution is 2.32. The molecule has 1 aromatic carbocycles. The molecule has 1 fully saturated rings. The highest BCUT2D eigenvalue weighted by Gasteiger charge is 2.31. The Balaban J connectivity index is 2.03. The van der Waals surface area contributed by atoms with E-state index in [0.29, 0.717) is 22.1 Å². The number of piperidine rings is 1. The fraction of sp³-hybridized carbons (Fsp3) is 0.412. The van der Waals surface area contributed by atoms with E-state index in [9.17, 15) is 9.90 Å². The lowest BCUT2D eigenvalue weighted by Gasteiger charge is -2.35. The van der Waals surface area contributed by atoms with Gasteiger partial charge in [0.2, 0.25) is 0 Å². The fourth-order valence-electron chi connectivity index (χ4n) is 2.99. The Labute approximate surface area is 155 Å². The third-order valence-electron chi connectivity index (χ3n) is 4.61. The van der Waals surface area contributed by atoms with Crippen molar-refractivity contribution in [3.05, 3.63) is 44.3 Å². The van der Waals surface area contributed by atoms with Gasteiger partial charge in [-0.05, 0) is 13.0 Å². The van der Waals surface area contributed by atoms with Crippen molar-refractivity contribution < 1.29 is 10.8 Å². The van der Waals surface area contributed by atoms with Crippen LogP contribution in [-0.4, -0.2) is 33.7 Å². The molecule has 0 aliphatic carbocycles. The molecule has 8 heteroatoms. The van der Waals surface area contributed by atoms with Crippen LogP contribution in [0, 0.1) is 0 Å². The smallest absolute Gasteiger partial charge is 0.276 e. The van der Waals surface area contributed by atoms with Crippen LogP contribution >= 0.6 is 23.2 Å². The maximum atomic E-state index is 12.6. The van der Waals surface area contributed by atoms with Crippen molar-refractivity contribution in [2.45, 2.75) is 31.9 Å². The number of hydrogen-bond donors (Lipinski definition) is 3. The Morgan fingerprint density at radius 2 is 2.04 bits per heavy atom. The summed E-state index contributed by atoms with van der Waals surface area (Å²) in [5.74, 6) is 0.560. The second kappa shape index (κ2) is 6.96. The second-order valence-corrected chi connectivity index (χ2v) is 7.55. The molecule has 0 amide bonds. The fourth-order valence-corrected chi connectivity index (χ4v) is 3.38. The predicted molar refractivity (Wildman–Crippen MR) is 99.0 cm³/mol. The van der Waals surface area contributed by atoms with Crippen molar-refractivity contribution in [1.82, 2.24) is 9.97 Å². The van der Waals surface area contributed by atoms with E-state index in [-0.39, 0.29) is 28.4 Å². The van der Waals surface area contributed by atoms with Crippen molar-refractivity contribution in [2.24, 2.45) is 0 Å². The molecule has 1 saturated heterocycles. The van der Waals surface area contributed by atoms with Gasteiger partial charge >= 0.3 is 0 Å². The summed E-state index contributed by atoms with van der Waals surface area (Å²) >= 11 is 12.2. The van der Waals surface area contributed by atoms with Gasteiger partial charge in [-0.25, -0.2) is 4.98 Å². The van der Waals surface area contributed by atoms with Crippen LogP contribution in [0.5, 0.6) is 0 Å². The second-order valence-electron chi connectivity index (χ2n) is 6.77. The van der Waals surface area contributed by atoms with Gasteiger partial charge in [-0.3, -0.25) is 4.79 Å². The van der Waals surface area contributed by atoms with Crippen molar-refractivity contribution in [2.75, 3.05) is 18.0 Å². The molecule has 25 heavy (non-hydrogen) atoms. The van der Waals surface area contributed by atoms with E-state index < -0.39 is 0 Å². The number of halogens is 2. The molecule has 1 aliphatic heterocycles. The average molecular weight is 384 g/mol. The zero-order chi connectivity index (χ0) is 18.2. The minimum absolute atomic E-state index is 0.0395. The Hall–Kier alpha value is -1.60. The monoisotopic (exact) mass is 383 g/mol.